The highest BCUT2D eigenvalue weighted by Gasteiger charge is 2.18. The van der Waals surface area contributed by atoms with Crippen molar-refractivity contribution in [2.45, 2.75) is 32.7 Å². The summed E-state index contributed by atoms with van der Waals surface area (Å²) in [5.74, 6) is 0.758. The number of nitrogens with one attached hydrogen (secondary N) is 2. The summed E-state index contributed by atoms with van der Waals surface area (Å²) in [5.41, 5.74) is 5.74. The molecule has 0 saturated carbocycles. The number of fused-ring (bicyclic) bond motifs is 1. The Hall–Kier alpha value is -3.41. The Balaban J connectivity index is 1.56. The van der Waals surface area contributed by atoms with Crippen molar-refractivity contribution in [3.63, 3.8) is 0 Å². The second kappa shape index (κ2) is 7.68. The molecule has 0 aliphatic rings. The van der Waals surface area contributed by atoms with Crippen LogP contribution in [0.15, 0.2) is 59.4 Å². The third-order valence-corrected chi connectivity index (χ3v) is 5.00. The van der Waals surface area contributed by atoms with Crippen molar-refractivity contribution in [1.29, 1.82) is 0 Å². The van der Waals surface area contributed by atoms with Crippen molar-refractivity contribution in [2.24, 2.45) is 0 Å². The van der Waals surface area contributed by atoms with Gasteiger partial charge in [0.2, 0.25) is 5.91 Å². The number of carbonyl (C=O) groups is 1. The zero-order valence-electron chi connectivity index (χ0n) is 15.9. The summed E-state index contributed by atoms with van der Waals surface area (Å²) in [4.78, 5) is 20.2. The van der Waals surface area contributed by atoms with E-state index in [2.05, 4.69) is 20.4 Å². The Morgan fingerprint density at radius 3 is 2.71 bits per heavy atom. The molecule has 0 bridgehead atoms. The molecule has 1 unspecified atom stereocenters. The predicted octanol–water partition coefficient (Wildman–Crippen LogP) is 4.01. The minimum Gasteiger partial charge on any atom is -0.361 e. The highest BCUT2D eigenvalue weighted by Crippen LogP contribution is 2.25. The molecule has 2 N–H and O–H groups in total. The fourth-order valence-electron chi connectivity index (χ4n) is 3.47. The molecule has 1 atom stereocenters. The van der Waals surface area contributed by atoms with Gasteiger partial charge >= 0.3 is 0 Å². The lowest BCUT2D eigenvalue weighted by Gasteiger charge is -2.20. The molecule has 0 spiro atoms. The number of imidazole rings is 1. The first-order chi connectivity index (χ1) is 13.6. The van der Waals surface area contributed by atoms with E-state index in [1.807, 2.05) is 62.4 Å². The molecule has 2 aromatic carbocycles. The molecule has 0 fully saturated rings. The van der Waals surface area contributed by atoms with Crippen LogP contribution in [-0.2, 0) is 11.2 Å². The number of aryl methyl sites for hydroxylation is 2. The number of aromatic amines is 1. The molecule has 4 rings (SSSR count). The normalized spacial score (nSPS) is 12.2. The van der Waals surface area contributed by atoms with Gasteiger partial charge < -0.3 is 14.8 Å². The molecule has 4 aromatic rings. The number of nitrogens with zero attached hydrogens (tertiary/aromatic N) is 2. The van der Waals surface area contributed by atoms with E-state index in [-0.39, 0.29) is 11.9 Å². The van der Waals surface area contributed by atoms with E-state index < -0.39 is 0 Å². The number of H-pyrrole nitrogens is 1. The molecule has 6 heteroatoms. The molecule has 0 saturated heterocycles. The van der Waals surface area contributed by atoms with Crippen LogP contribution in [0, 0.1) is 13.8 Å². The summed E-state index contributed by atoms with van der Waals surface area (Å²) in [6, 6.07) is 15.8. The van der Waals surface area contributed by atoms with Gasteiger partial charge in [0, 0.05) is 12.0 Å². The molecular formula is C22H22N4O2. The summed E-state index contributed by atoms with van der Waals surface area (Å²) >= 11 is 0. The van der Waals surface area contributed by atoms with Gasteiger partial charge in [-0.25, -0.2) is 4.98 Å². The predicted molar refractivity (Wildman–Crippen MR) is 107 cm³/mol. The molecule has 0 radical (unpaired) electrons. The van der Waals surface area contributed by atoms with Crippen molar-refractivity contribution in [1.82, 2.24) is 20.4 Å². The van der Waals surface area contributed by atoms with Gasteiger partial charge in [0.25, 0.3) is 0 Å². The lowest BCUT2D eigenvalue weighted by molar-refractivity contribution is -0.121. The van der Waals surface area contributed by atoms with E-state index in [0.717, 1.165) is 39.2 Å². The summed E-state index contributed by atoms with van der Waals surface area (Å²) in [6.07, 6.45) is 2.65. The van der Waals surface area contributed by atoms with E-state index in [1.165, 1.54) is 0 Å². The zero-order chi connectivity index (χ0) is 19.5. The van der Waals surface area contributed by atoms with Gasteiger partial charge in [0.1, 0.15) is 5.76 Å². The third kappa shape index (κ3) is 3.67. The van der Waals surface area contributed by atoms with Crippen LogP contribution in [0.3, 0.4) is 0 Å². The monoisotopic (exact) mass is 374 g/mol. The standard InChI is InChI=1S/C22H22N4O2/c1-14-18(15(2)28-26-14)9-11-21(27)25-22(16-6-4-3-5-7-16)17-8-10-19-20(12-17)24-13-23-19/h3-8,10,12-13,22H,9,11H2,1-2H3,(H,23,24)(H,25,27). The summed E-state index contributed by atoms with van der Waals surface area (Å²) < 4.78 is 5.19. The molecular weight excluding hydrogens is 352 g/mol. The van der Waals surface area contributed by atoms with Crippen LogP contribution in [0.25, 0.3) is 11.0 Å². The fourth-order valence-corrected chi connectivity index (χ4v) is 3.47. The number of hydrogen-bond acceptors (Lipinski definition) is 4. The topological polar surface area (TPSA) is 83.8 Å². The zero-order valence-corrected chi connectivity index (χ0v) is 15.9. The maximum absolute atomic E-state index is 12.7. The van der Waals surface area contributed by atoms with Crippen LogP contribution in [0.1, 0.15) is 40.6 Å². The molecule has 0 aliphatic heterocycles. The minimum atomic E-state index is -0.230. The van der Waals surface area contributed by atoms with Crippen LogP contribution in [0.4, 0.5) is 0 Å². The van der Waals surface area contributed by atoms with Crippen molar-refractivity contribution >= 4 is 16.9 Å². The maximum Gasteiger partial charge on any atom is 0.221 e. The van der Waals surface area contributed by atoms with Crippen LogP contribution < -0.4 is 5.32 Å². The average Bonchev–Trinajstić information content (AvgIpc) is 3.31. The first kappa shape index (κ1) is 18.0. The van der Waals surface area contributed by atoms with E-state index in [0.29, 0.717) is 12.8 Å². The smallest absolute Gasteiger partial charge is 0.221 e. The van der Waals surface area contributed by atoms with Gasteiger partial charge in [-0.3, -0.25) is 4.79 Å². The fraction of sp³-hybridized carbons (Fsp3) is 0.227. The number of aromatic nitrogens is 3. The largest absolute Gasteiger partial charge is 0.361 e. The number of hydrogen-bond donors (Lipinski definition) is 2. The minimum absolute atomic E-state index is 0.0152. The Bertz CT molecular complexity index is 1080. The van der Waals surface area contributed by atoms with Gasteiger partial charge in [-0.05, 0) is 43.5 Å². The van der Waals surface area contributed by atoms with E-state index in [4.69, 9.17) is 4.52 Å². The first-order valence-corrected chi connectivity index (χ1v) is 9.31. The summed E-state index contributed by atoms with van der Waals surface area (Å²) in [6.45, 7) is 3.77. The molecule has 2 heterocycles. The Labute approximate surface area is 163 Å². The quantitative estimate of drug-likeness (QED) is 0.534. The maximum atomic E-state index is 12.7. The van der Waals surface area contributed by atoms with Crippen molar-refractivity contribution in [3.8, 4) is 0 Å². The van der Waals surface area contributed by atoms with Gasteiger partial charge in [-0.1, -0.05) is 41.6 Å². The molecule has 0 aliphatic carbocycles. The first-order valence-electron chi connectivity index (χ1n) is 9.31. The lowest BCUT2D eigenvalue weighted by Crippen LogP contribution is -2.29. The average molecular weight is 374 g/mol. The summed E-state index contributed by atoms with van der Waals surface area (Å²) in [7, 11) is 0. The Morgan fingerprint density at radius 1 is 1.14 bits per heavy atom. The molecule has 142 valence electrons. The second-order valence-electron chi connectivity index (χ2n) is 6.89. The van der Waals surface area contributed by atoms with Gasteiger partial charge in [0.15, 0.2) is 0 Å². The highest BCUT2D eigenvalue weighted by atomic mass is 16.5. The van der Waals surface area contributed by atoms with E-state index >= 15 is 0 Å². The van der Waals surface area contributed by atoms with E-state index in [9.17, 15) is 4.79 Å². The Kier molecular flexibility index (Phi) is 4.93. The number of amides is 1. The van der Waals surface area contributed by atoms with Crippen molar-refractivity contribution in [2.75, 3.05) is 0 Å². The van der Waals surface area contributed by atoms with E-state index in [1.54, 1.807) is 6.33 Å². The second-order valence-corrected chi connectivity index (χ2v) is 6.89. The molecule has 6 nitrogen and oxygen atoms in total. The number of carbonyl (C=O) groups excluding carboxylic acids is 1. The van der Waals surface area contributed by atoms with Crippen LogP contribution >= 0.6 is 0 Å². The van der Waals surface area contributed by atoms with Gasteiger partial charge in [0.05, 0.1) is 29.1 Å². The number of rotatable bonds is 6. The summed E-state index contributed by atoms with van der Waals surface area (Å²) in [5, 5.41) is 7.14. The molecule has 2 aromatic heterocycles. The van der Waals surface area contributed by atoms with Gasteiger partial charge in [-0.2, -0.15) is 0 Å². The van der Waals surface area contributed by atoms with Crippen LogP contribution in [0.2, 0.25) is 0 Å². The van der Waals surface area contributed by atoms with Crippen molar-refractivity contribution < 1.29 is 9.32 Å². The Morgan fingerprint density at radius 2 is 1.96 bits per heavy atom. The van der Waals surface area contributed by atoms with Crippen LogP contribution in [0.5, 0.6) is 0 Å². The highest BCUT2D eigenvalue weighted by molar-refractivity contribution is 5.79. The molecule has 1 amide bonds. The van der Waals surface area contributed by atoms with Crippen molar-refractivity contribution in [3.05, 3.63) is 83.0 Å². The number of benzene rings is 2. The van der Waals surface area contributed by atoms with Crippen LogP contribution in [-0.4, -0.2) is 21.0 Å². The lowest BCUT2D eigenvalue weighted by atomic mass is 9.97. The third-order valence-electron chi connectivity index (χ3n) is 5.00. The SMILES string of the molecule is Cc1noc(C)c1CCC(=O)NC(c1ccccc1)c1ccc2nc[nH]c2c1. The molecule has 28 heavy (non-hydrogen) atoms. The van der Waals surface area contributed by atoms with Gasteiger partial charge in [-0.15, -0.1) is 0 Å².